The van der Waals surface area contributed by atoms with Crippen LogP contribution in [0.25, 0.3) is 0 Å². The van der Waals surface area contributed by atoms with Crippen molar-refractivity contribution in [2.75, 3.05) is 6.54 Å². The summed E-state index contributed by atoms with van der Waals surface area (Å²) in [4.78, 5) is 77.0. The third-order valence-electron chi connectivity index (χ3n) is 7.43. The number of nitro benzene ring substituents is 1. The summed E-state index contributed by atoms with van der Waals surface area (Å²) in [5.41, 5.74) is 0.811. The summed E-state index contributed by atoms with van der Waals surface area (Å²) in [6.07, 6.45) is 2.55. The highest BCUT2D eigenvalue weighted by Crippen LogP contribution is 2.38. The summed E-state index contributed by atoms with van der Waals surface area (Å²) < 4.78 is 5.34. The number of esters is 1. The van der Waals surface area contributed by atoms with E-state index >= 15 is 0 Å². The largest absolute Gasteiger partial charge is 0.423 e. The van der Waals surface area contributed by atoms with Crippen molar-refractivity contribution in [3.05, 3.63) is 115 Å². The number of rotatable bonds is 8. The molecule has 1 saturated heterocycles. The zero-order valence-electron chi connectivity index (χ0n) is 23.1. The molecule has 0 aromatic heterocycles. The Labute approximate surface area is 260 Å². The molecule has 1 heterocycles. The molecule has 1 aliphatic heterocycles. The topological polar surface area (TPSA) is 144 Å². The molecular weight excluding hydrogens is 613 g/mol. The molecule has 0 radical (unpaired) electrons. The standard InChI is InChI=1S/C31H23Cl2N3O8/c1-17-2-12-23-25(14-17)30(40)35(29(23)39)34(28(38)19-3-8-21(9-4-19)36(42)43)16-27(37)18-5-10-22(11-6-18)44-31(41)24-13-7-20(32)15-26(24)33/h2-11,13,15,23,25H,12,14,16H2,1H3/t23-,25+/m0/s1. The number of non-ortho nitro benzene ring substituents is 1. The number of fused-ring (bicyclic) bond motifs is 1. The number of benzene rings is 3. The Bertz CT molecular complexity index is 1740. The summed E-state index contributed by atoms with van der Waals surface area (Å²) >= 11 is 11.9. The quantitative estimate of drug-likeness (QED) is 0.0583. The zero-order valence-corrected chi connectivity index (χ0v) is 24.6. The minimum absolute atomic E-state index is 0.0590. The van der Waals surface area contributed by atoms with Crippen LogP contribution >= 0.6 is 23.2 Å². The van der Waals surface area contributed by atoms with Gasteiger partial charge in [-0.25, -0.2) is 9.80 Å². The van der Waals surface area contributed by atoms with Crippen LogP contribution in [0.1, 0.15) is 50.8 Å². The van der Waals surface area contributed by atoms with E-state index < -0.39 is 52.8 Å². The van der Waals surface area contributed by atoms with Crippen LogP contribution in [0.5, 0.6) is 5.75 Å². The molecule has 13 heteroatoms. The van der Waals surface area contributed by atoms with Gasteiger partial charge in [0.15, 0.2) is 5.78 Å². The molecule has 1 aliphatic carbocycles. The van der Waals surface area contributed by atoms with Gasteiger partial charge in [-0.15, -0.1) is 0 Å². The highest BCUT2D eigenvalue weighted by atomic mass is 35.5. The fraction of sp³-hybridized carbons (Fsp3) is 0.194. The summed E-state index contributed by atoms with van der Waals surface area (Å²) in [6, 6.07) is 14.4. The van der Waals surface area contributed by atoms with Crippen molar-refractivity contribution in [2.45, 2.75) is 19.8 Å². The third-order valence-corrected chi connectivity index (χ3v) is 7.98. The molecule has 3 aromatic rings. The van der Waals surface area contributed by atoms with Crippen LogP contribution < -0.4 is 4.74 Å². The first-order chi connectivity index (χ1) is 20.9. The molecule has 3 amide bonds. The van der Waals surface area contributed by atoms with Crippen molar-refractivity contribution < 1.29 is 33.6 Å². The van der Waals surface area contributed by atoms with Crippen molar-refractivity contribution in [2.24, 2.45) is 11.8 Å². The van der Waals surface area contributed by atoms with Crippen LogP contribution in [-0.2, 0) is 9.59 Å². The lowest BCUT2D eigenvalue weighted by Gasteiger charge is -2.30. The molecule has 2 atom stereocenters. The molecule has 2 aliphatic rings. The number of hydrogen-bond acceptors (Lipinski definition) is 8. The first kappa shape index (κ1) is 30.6. The van der Waals surface area contributed by atoms with E-state index in [0.717, 1.165) is 27.7 Å². The second-order valence-electron chi connectivity index (χ2n) is 10.3. The van der Waals surface area contributed by atoms with Gasteiger partial charge in [-0.1, -0.05) is 34.9 Å². The maximum atomic E-state index is 13.7. The zero-order chi connectivity index (χ0) is 31.7. The van der Waals surface area contributed by atoms with E-state index in [1.54, 1.807) is 0 Å². The number of Topliss-reactive ketones (excluding diaryl/α,β-unsaturated/α-hetero) is 1. The number of allylic oxidation sites excluding steroid dienone is 2. The van der Waals surface area contributed by atoms with Gasteiger partial charge in [-0.2, -0.15) is 5.01 Å². The molecular formula is C31H23Cl2N3O8. The number of nitrogens with zero attached hydrogens (tertiary/aromatic N) is 3. The van der Waals surface area contributed by atoms with Gasteiger partial charge in [-0.05, 0) is 74.4 Å². The fourth-order valence-electron chi connectivity index (χ4n) is 5.12. The number of hydrazine groups is 1. The third kappa shape index (κ3) is 6.10. The van der Waals surface area contributed by atoms with Crippen molar-refractivity contribution in [3.63, 3.8) is 0 Å². The Morgan fingerprint density at radius 2 is 1.59 bits per heavy atom. The van der Waals surface area contributed by atoms with Crippen LogP contribution in [0, 0.1) is 22.0 Å². The number of carbonyl (C=O) groups is 5. The molecule has 11 nitrogen and oxygen atoms in total. The summed E-state index contributed by atoms with van der Waals surface area (Å²) in [6.45, 7) is 1.17. The van der Waals surface area contributed by atoms with Crippen molar-refractivity contribution in [3.8, 4) is 5.75 Å². The van der Waals surface area contributed by atoms with Crippen LogP contribution in [0.2, 0.25) is 10.0 Å². The van der Waals surface area contributed by atoms with Crippen LogP contribution in [0.15, 0.2) is 78.4 Å². The highest BCUT2D eigenvalue weighted by Gasteiger charge is 2.51. The lowest BCUT2D eigenvalue weighted by molar-refractivity contribution is -0.384. The van der Waals surface area contributed by atoms with E-state index in [0.29, 0.717) is 17.9 Å². The lowest BCUT2D eigenvalue weighted by atomic mass is 9.82. The molecule has 0 spiro atoms. The molecule has 1 fully saturated rings. The minimum Gasteiger partial charge on any atom is -0.423 e. The van der Waals surface area contributed by atoms with Crippen molar-refractivity contribution in [1.29, 1.82) is 0 Å². The second-order valence-corrected chi connectivity index (χ2v) is 11.2. The maximum absolute atomic E-state index is 13.7. The Kier molecular flexibility index (Phi) is 8.61. The van der Waals surface area contributed by atoms with Gasteiger partial charge in [0, 0.05) is 28.3 Å². The normalized spacial score (nSPS) is 17.5. The summed E-state index contributed by atoms with van der Waals surface area (Å²) in [7, 11) is 0. The monoisotopic (exact) mass is 635 g/mol. The molecule has 0 N–H and O–H groups in total. The van der Waals surface area contributed by atoms with Gasteiger partial charge in [0.1, 0.15) is 12.3 Å². The number of imide groups is 1. The number of carbonyl (C=O) groups excluding carboxylic acids is 5. The highest BCUT2D eigenvalue weighted by molar-refractivity contribution is 6.36. The molecule has 0 saturated carbocycles. The van der Waals surface area contributed by atoms with Crippen LogP contribution in [-0.4, -0.2) is 51.0 Å². The van der Waals surface area contributed by atoms with E-state index in [1.165, 1.54) is 54.6 Å². The van der Waals surface area contributed by atoms with Crippen LogP contribution in [0.3, 0.4) is 0 Å². The maximum Gasteiger partial charge on any atom is 0.345 e. The summed E-state index contributed by atoms with van der Waals surface area (Å²) in [5, 5.41) is 13.1. The van der Waals surface area contributed by atoms with E-state index in [1.807, 2.05) is 13.0 Å². The van der Waals surface area contributed by atoms with E-state index in [2.05, 4.69) is 0 Å². The average Bonchev–Trinajstić information content (AvgIpc) is 3.24. The van der Waals surface area contributed by atoms with Gasteiger partial charge < -0.3 is 4.74 Å². The molecule has 0 unspecified atom stereocenters. The van der Waals surface area contributed by atoms with Gasteiger partial charge in [0.05, 0.1) is 27.3 Å². The Hall–Kier alpha value is -4.87. The molecule has 44 heavy (non-hydrogen) atoms. The molecule has 5 rings (SSSR count). The van der Waals surface area contributed by atoms with Crippen molar-refractivity contribution in [1.82, 2.24) is 10.0 Å². The number of amides is 3. The Balaban J connectivity index is 1.38. The summed E-state index contributed by atoms with van der Waals surface area (Å²) in [5.74, 6) is -4.66. The number of halogens is 2. The SMILES string of the molecule is CC1=CC[C@@H]2C(=O)N(N(CC(=O)c3ccc(OC(=O)c4ccc(Cl)cc4Cl)cc3)C(=O)c3ccc([N+](=O)[O-])cc3)C(=O)[C@@H]2C1. The van der Waals surface area contributed by atoms with Gasteiger partial charge in [0.25, 0.3) is 23.4 Å². The molecule has 224 valence electrons. The lowest BCUT2D eigenvalue weighted by Crippen LogP contribution is -2.52. The van der Waals surface area contributed by atoms with E-state index in [9.17, 15) is 34.1 Å². The molecule has 0 bridgehead atoms. The molecule has 3 aromatic carbocycles. The average molecular weight is 636 g/mol. The van der Waals surface area contributed by atoms with Gasteiger partial charge >= 0.3 is 5.97 Å². The van der Waals surface area contributed by atoms with E-state index in [4.69, 9.17) is 27.9 Å². The number of hydrogen-bond donors (Lipinski definition) is 0. The number of nitro groups is 1. The predicted octanol–water partition coefficient (Wildman–Crippen LogP) is 5.70. The minimum atomic E-state index is -0.858. The van der Waals surface area contributed by atoms with Crippen molar-refractivity contribution >= 4 is 58.4 Å². The smallest absolute Gasteiger partial charge is 0.345 e. The Morgan fingerprint density at radius 1 is 0.955 bits per heavy atom. The second kappa shape index (κ2) is 12.4. The Morgan fingerprint density at radius 3 is 2.23 bits per heavy atom. The van der Waals surface area contributed by atoms with Gasteiger partial charge in [0.2, 0.25) is 0 Å². The number of ether oxygens (including phenoxy) is 1. The first-order valence-corrected chi connectivity index (χ1v) is 14.1. The number of ketones is 1. The van der Waals surface area contributed by atoms with E-state index in [-0.39, 0.29) is 33.1 Å². The predicted molar refractivity (Wildman–Crippen MR) is 158 cm³/mol. The van der Waals surface area contributed by atoms with Crippen LogP contribution in [0.4, 0.5) is 5.69 Å². The fourth-order valence-corrected chi connectivity index (χ4v) is 5.60. The first-order valence-electron chi connectivity index (χ1n) is 13.3. The van der Waals surface area contributed by atoms with Gasteiger partial charge in [-0.3, -0.25) is 29.3 Å².